The number of nitrogens with one attached hydrogen (secondary N) is 1. The second-order valence-corrected chi connectivity index (χ2v) is 9.20. The Kier molecular flexibility index (Phi) is 6.58. The highest BCUT2D eigenvalue weighted by atomic mass is 32.2. The van der Waals surface area contributed by atoms with E-state index in [-0.39, 0.29) is 24.9 Å². The van der Waals surface area contributed by atoms with Crippen molar-refractivity contribution >= 4 is 22.0 Å². The lowest BCUT2D eigenvalue weighted by molar-refractivity contribution is -0.131. The number of hydrogen-bond donors (Lipinski definition) is 1. The van der Waals surface area contributed by atoms with Crippen molar-refractivity contribution < 1.29 is 22.7 Å². The molecule has 2 aliphatic rings. The van der Waals surface area contributed by atoms with Crippen LogP contribution in [0.1, 0.15) is 36.4 Å². The number of fused-ring (bicyclic) bond motifs is 1. The number of nitrogens with zero attached hydrogens (tertiary/aromatic N) is 1. The smallest absolute Gasteiger partial charge is 0.233 e. The number of carbonyl (C=O) groups excluding carboxylic acids is 1. The van der Waals surface area contributed by atoms with Crippen LogP contribution >= 0.6 is 0 Å². The van der Waals surface area contributed by atoms with Crippen LogP contribution in [-0.4, -0.2) is 45.5 Å². The third kappa shape index (κ3) is 5.45. The number of hydrogen-bond acceptors (Lipinski definition) is 5. The molecule has 7 nitrogen and oxygen atoms in total. The van der Waals surface area contributed by atoms with Gasteiger partial charge in [0.1, 0.15) is 13.2 Å². The topological polar surface area (TPSA) is 84.9 Å². The van der Waals surface area contributed by atoms with E-state index >= 15 is 0 Å². The van der Waals surface area contributed by atoms with Gasteiger partial charge in [-0.3, -0.25) is 4.79 Å². The highest BCUT2D eigenvalue weighted by Gasteiger charge is 2.30. The maximum atomic E-state index is 12.8. The van der Waals surface area contributed by atoms with Gasteiger partial charge < -0.3 is 14.4 Å². The maximum Gasteiger partial charge on any atom is 0.233 e. The van der Waals surface area contributed by atoms with E-state index < -0.39 is 10.0 Å². The fourth-order valence-electron chi connectivity index (χ4n) is 3.90. The number of sulfonamides is 1. The maximum absolute atomic E-state index is 12.8. The van der Waals surface area contributed by atoms with E-state index in [1.54, 1.807) is 0 Å². The summed E-state index contributed by atoms with van der Waals surface area (Å²) in [5.41, 5.74) is 1.81. The van der Waals surface area contributed by atoms with Crippen molar-refractivity contribution in [1.29, 1.82) is 0 Å². The molecule has 1 atom stereocenters. The van der Waals surface area contributed by atoms with Crippen LogP contribution < -0.4 is 14.2 Å². The lowest BCUT2D eigenvalue weighted by Gasteiger charge is -2.27. The highest BCUT2D eigenvalue weighted by Crippen LogP contribution is 2.38. The van der Waals surface area contributed by atoms with E-state index in [1.807, 2.05) is 53.4 Å². The molecule has 1 fully saturated rings. The lowest BCUT2D eigenvalue weighted by atomic mass is 10.0. The minimum atomic E-state index is -3.61. The monoisotopic (exact) mass is 442 g/mol. The average Bonchev–Trinajstić information content (AvgIpc) is 3.28. The molecule has 1 N–H and O–H groups in total. The summed E-state index contributed by atoms with van der Waals surface area (Å²) in [6.07, 6.45) is 3.43. The van der Waals surface area contributed by atoms with E-state index in [0.29, 0.717) is 25.5 Å². The second kappa shape index (κ2) is 9.53. The molecule has 2 aliphatic heterocycles. The van der Waals surface area contributed by atoms with Crippen molar-refractivity contribution in [1.82, 2.24) is 9.62 Å². The van der Waals surface area contributed by atoms with Crippen molar-refractivity contribution in [3.05, 3.63) is 65.1 Å². The number of rotatable bonds is 7. The van der Waals surface area contributed by atoms with Crippen molar-refractivity contribution in [2.24, 2.45) is 0 Å². The summed E-state index contributed by atoms with van der Waals surface area (Å²) in [6.45, 7) is 1.78. The van der Waals surface area contributed by atoms with Crippen LogP contribution in [0.3, 0.4) is 0 Å². The van der Waals surface area contributed by atoms with Crippen molar-refractivity contribution in [2.75, 3.05) is 26.3 Å². The zero-order chi connectivity index (χ0) is 21.7. The molecule has 0 radical (unpaired) electrons. The Morgan fingerprint density at radius 3 is 2.68 bits per heavy atom. The van der Waals surface area contributed by atoms with Crippen LogP contribution in [-0.2, 0) is 14.8 Å². The first-order chi connectivity index (χ1) is 15.0. The quantitative estimate of drug-likeness (QED) is 0.712. The minimum Gasteiger partial charge on any atom is -0.486 e. The Labute approximate surface area is 182 Å². The van der Waals surface area contributed by atoms with Crippen LogP contribution in [0.25, 0.3) is 6.08 Å². The first-order valence-electron chi connectivity index (χ1n) is 10.4. The van der Waals surface area contributed by atoms with Crippen molar-refractivity contribution in [3.8, 4) is 11.5 Å². The van der Waals surface area contributed by atoms with Crippen molar-refractivity contribution in [2.45, 2.75) is 25.3 Å². The molecule has 0 bridgehead atoms. The fourth-order valence-corrected chi connectivity index (χ4v) is 4.72. The van der Waals surface area contributed by atoms with Crippen LogP contribution in [0.4, 0.5) is 0 Å². The van der Waals surface area contributed by atoms with Gasteiger partial charge in [-0.25, -0.2) is 13.1 Å². The number of benzene rings is 2. The van der Waals surface area contributed by atoms with E-state index in [9.17, 15) is 13.2 Å². The normalized spacial score (nSPS) is 18.5. The summed E-state index contributed by atoms with van der Waals surface area (Å²) < 4.78 is 38.1. The van der Waals surface area contributed by atoms with E-state index in [1.165, 1.54) is 6.08 Å². The molecule has 1 saturated heterocycles. The minimum absolute atomic E-state index is 0.0297. The van der Waals surface area contributed by atoms with Crippen LogP contribution in [0.2, 0.25) is 0 Å². The molecule has 0 aromatic heterocycles. The van der Waals surface area contributed by atoms with Gasteiger partial charge in [-0.2, -0.15) is 0 Å². The summed E-state index contributed by atoms with van der Waals surface area (Å²) >= 11 is 0. The van der Waals surface area contributed by atoms with E-state index in [2.05, 4.69) is 4.72 Å². The molecule has 1 unspecified atom stereocenters. The van der Waals surface area contributed by atoms with Gasteiger partial charge in [-0.05, 0) is 42.2 Å². The lowest BCUT2D eigenvalue weighted by Crippen LogP contribution is -2.34. The SMILES string of the molecule is O=C(CCNS(=O)(=O)/C=C/c1ccccc1)N1CCCC1c1ccc2c(c1)OCCO2. The number of carbonyl (C=O) groups is 1. The number of likely N-dealkylation sites (tertiary alicyclic amines) is 1. The molecular weight excluding hydrogens is 416 g/mol. The highest BCUT2D eigenvalue weighted by molar-refractivity contribution is 7.92. The molecule has 1 amide bonds. The summed E-state index contributed by atoms with van der Waals surface area (Å²) in [5, 5.41) is 1.13. The molecule has 31 heavy (non-hydrogen) atoms. The Morgan fingerprint density at radius 1 is 1.10 bits per heavy atom. The van der Waals surface area contributed by atoms with E-state index in [4.69, 9.17) is 9.47 Å². The molecule has 8 heteroatoms. The van der Waals surface area contributed by atoms with Gasteiger partial charge in [0, 0.05) is 24.9 Å². The van der Waals surface area contributed by atoms with Gasteiger partial charge in [0.15, 0.2) is 11.5 Å². The molecule has 4 rings (SSSR count). The van der Waals surface area contributed by atoms with Crippen LogP contribution in [0.15, 0.2) is 53.9 Å². The first-order valence-corrected chi connectivity index (χ1v) is 12.0. The van der Waals surface area contributed by atoms with Gasteiger partial charge in [-0.1, -0.05) is 36.4 Å². The molecular formula is C23H26N2O5S. The van der Waals surface area contributed by atoms with Crippen LogP contribution in [0, 0.1) is 0 Å². The third-order valence-corrected chi connectivity index (χ3v) is 6.51. The average molecular weight is 443 g/mol. The van der Waals surface area contributed by atoms with E-state index in [0.717, 1.165) is 35.1 Å². The standard InChI is InChI=1S/C23H26N2O5S/c26-23(10-12-24-31(27,28)16-11-18-5-2-1-3-6-18)25-13-4-7-20(25)19-8-9-21-22(17-19)30-15-14-29-21/h1-3,5-6,8-9,11,16-17,20,24H,4,7,10,12-15H2/b16-11+. The van der Waals surface area contributed by atoms with Gasteiger partial charge in [0.25, 0.3) is 0 Å². The molecule has 2 heterocycles. The largest absolute Gasteiger partial charge is 0.486 e. The first kappa shape index (κ1) is 21.4. The molecule has 2 aromatic carbocycles. The fraction of sp³-hybridized carbons (Fsp3) is 0.348. The van der Waals surface area contributed by atoms with Gasteiger partial charge in [0.05, 0.1) is 6.04 Å². The third-order valence-electron chi connectivity index (χ3n) is 5.41. The molecule has 164 valence electrons. The zero-order valence-electron chi connectivity index (χ0n) is 17.2. The second-order valence-electron chi connectivity index (χ2n) is 7.55. The Morgan fingerprint density at radius 2 is 1.87 bits per heavy atom. The summed E-state index contributed by atoms with van der Waals surface area (Å²) in [6, 6.07) is 15.0. The molecule has 2 aromatic rings. The number of ether oxygens (including phenoxy) is 2. The van der Waals surface area contributed by atoms with Gasteiger partial charge >= 0.3 is 0 Å². The summed E-state index contributed by atoms with van der Waals surface area (Å²) in [5.74, 6) is 1.37. The summed E-state index contributed by atoms with van der Waals surface area (Å²) in [7, 11) is -3.61. The Hall–Kier alpha value is -2.84. The zero-order valence-corrected chi connectivity index (χ0v) is 18.0. The molecule has 0 saturated carbocycles. The van der Waals surface area contributed by atoms with Crippen LogP contribution in [0.5, 0.6) is 11.5 Å². The number of amides is 1. The molecule has 0 aliphatic carbocycles. The van der Waals surface area contributed by atoms with Gasteiger partial charge in [-0.15, -0.1) is 0 Å². The molecule has 0 spiro atoms. The summed E-state index contributed by atoms with van der Waals surface area (Å²) in [4.78, 5) is 14.6. The van der Waals surface area contributed by atoms with Crippen molar-refractivity contribution in [3.63, 3.8) is 0 Å². The Balaban J connectivity index is 1.33. The van der Waals surface area contributed by atoms with Gasteiger partial charge in [0.2, 0.25) is 15.9 Å². The predicted molar refractivity (Wildman–Crippen MR) is 118 cm³/mol. The Bertz CT molecular complexity index is 1050. The predicted octanol–water partition coefficient (Wildman–Crippen LogP) is 3.10.